The first-order valence-corrected chi connectivity index (χ1v) is 7.81. The number of carbonyl (C=O) groups excluding carboxylic acids is 3. The normalized spacial score (nSPS) is 19.9. The van der Waals surface area contributed by atoms with Crippen molar-refractivity contribution in [3.63, 3.8) is 0 Å². The molecule has 1 aliphatic rings. The lowest BCUT2D eigenvalue weighted by molar-refractivity contribution is -0.130. The fourth-order valence-electron chi connectivity index (χ4n) is 2.82. The summed E-state index contributed by atoms with van der Waals surface area (Å²) in [4.78, 5) is 38.2. The summed E-state index contributed by atoms with van der Waals surface area (Å²) >= 11 is 0. The number of nitrogens with one attached hydrogen (secondary N) is 1. The number of carbonyl (C=O) groups is 3. The Morgan fingerprint density at radius 1 is 1.16 bits per heavy atom. The molecule has 1 heterocycles. The molecule has 3 amide bonds. The average Bonchev–Trinajstić information content (AvgIpc) is 2.79. The highest BCUT2D eigenvalue weighted by atomic mass is 19.1. The van der Waals surface area contributed by atoms with Crippen molar-refractivity contribution < 1.29 is 18.8 Å². The number of imide groups is 1. The van der Waals surface area contributed by atoms with Crippen molar-refractivity contribution in [1.82, 2.24) is 10.2 Å². The van der Waals surface area contributed by atoms with Gasteiger partial charge in [-0.15, -0.1) is 0 Å². The molecule has 128 valence electrons. The van der Waals surface area contributed by atoms with Crippen LogP contribution < -0.4 is 5.32 Å². The van der Waals surface area contributed by atoms with Gasteiger partial charge in [0.2, 0.25) is 0 Å². The van der Waals surface area contributed by atoms with Crippen molar-refractivity contribution in [2.45, 2.75) is 19.4 Å². The Morgan fingerprint density at radius 3 is 2.48 bits per heavy atom. The number of aryl methyl sites for hydroxylation is 1. The molecule has 2 aromatic rings. The SMILES string of the molecule is Cc1ccc([C@@]2(C)NC(=O)N(CC(=O)c3cccc(F)c3)C2=O)cc1. The number of nitrogens with zero attached hydrogens (tertiary/aromatic N) is 1. The van der Waals surface area contributed by atoms with Gasteiger partial charge in [0, 0.05) is 5.56 Å². The summed E-state index contributed by atoms with van der Waals surface area (Å²) < 4.78 is 13.3. The molecule has 3 rings (SSSR count). The lowest BCUT2D eigenvalue weighted by Gasteiger charge is -2.22. The van der Waals surface area contributed by atoms with Crippen LogP contribution in [0.1, 0.15) is 28.4 Å². The average molecular weight is 340 g/mol. The maximum absolute atomic E-state index is 13.3. The summed E-state index contributed by atoms with van der Waals surface area (Å²) in [6.07, 6.45) is 0. The van der Waals surface area contributed by atoms with Crippen LogP contribution in [0.3, 0.4) is 0 Å². The summed E-state index contributed by atoms with van der Waals surface area (Å²) in [7, 11) is 0. The summed E-state index contributed by atoms with van der Waals surface area (Å²) in [5.41, 5.74) is 0.552. The predicted octanol–water partition coefficient (Wildman–Crippen LogP) is 2.78. The van der Waals surface area contributed by atoms with E-state index >= 15 is 0 Å². The number of benzene rings is 2. The van der Waals surface area contributed by atoms with Crippen LogP contribution in [-0.2, 0) is 10.3 Å². The molecule has 1 N–H and O–H groups in total. The lowest BCUT2D eigenvalue weighted by atomic mass is 9.91. The molecule has 5 nitrogen and oxygen atoms in total. The molecule has 0 saturated carbocycles. The minimum Gasteiger partial charge on any atom is -0.319 e. The number of rotatable bonds is 4. The molecule has 0 radical (unpaired) electrons. The largest absolute Gasteiger partial charge is 0.325 e. The van der Waals surface area contributed by atoms with Gasteiger partial charge in [0.25, 0.3) is 5.91 Å². The van der Waals surface area contributed by atoms with Gasteiger partial charge in [-0.05, 0) is 31.5 Å². The molecule has 1 atom stereocenters. The van der Waals surface area contributed by atoms with Crippen LogP contribution in [0.2, 0.25) is 0 Å². The fraction of sp³-hybridized carbons (Fsp3) is 0.211. The highest BCUT2D eigenvalue weighted by molar-refractivity contribution is 6.11. The van der Waals surface area contributed by atoms with Crippen molar-refractivity contribution in [2.75, 3.05) is 6.54 Å². The van der Waals surface area contributed by atoms with E-state index in [-0.39, 0.29) is 5.56 Å². The second-order valence-electron chi connectivity index (χ2n) is 6.25. The Bertz CT molecular complexity index is 863. The topological polar surface area (TPSA) is 66.5 Å². The Morgan fingerprint density at radius 2 is 1.84 bits per heavy atom. The van der Waals surface area contributed by atoms with Crippen LogP contribution in [0.25, 0.3) is 0 Å². The maximum atomic E-state index is 13.3. The van der Waals surface area contributed by atoms with E-state index in [9.17, 15) is 18.8 Å². The first-order chi connectivity index (χ1) is 11.8. The third kappa shape index (κ3) is 3.03. The van der Waals surface area contributed by atoms with Gasteiger partial charge in [-0.25, -0.2) is 9.18 Å². The molecule has 25 heavy (non-hydrogen) atoms. The van der Waals surface area contributed by atoms with Gasteiger partial charge < -0.3 is 5.32 Å². The second kappa shape index (κ2) is 6.12. The van der Waals surface area contributed by atoms with Crippen LogP contribution in [-0.4, -0.2) is 29.2 Å². The Hall–Kier alpha value is -3.02. The lowest BCUT2D eigenvalue weighted by Crippen LogP contribution is -2.41. The standard InChI is InChI=1S/C19H17FN2O3/c1-12-6-8-14(9-7-12)19(2)17(24)22(18(25)21-19)11-16(23)13-4-3-5-15(20)10-13/h3-10H,11H2,1-2H3,(H,21,25)/t19-/m1/s1. The number of hydrogen-bond donors (Lipinski definition) is 1. The van der Waals surface area contributed by atoms with Gasteiger partial charge in [-0.1, -0.05) is 42.0 Å². The molecule has 1 aliphatic heterocycles. The van der Waals surface area contributed by atoms with Crippen molar-refractivity contribution >= 4 is 17.7 Å². The highest BCUT2D eigenvalue weighted by Crippen LogP contribution is 2.29. The smallest absolute Gasteiger partial charge is 0.319 e. The molecule has 0 aliphatic carbocycles. The first-order valence-electron chi connectivity index (χ1n) is 7.81. The zero-order chi connectivity index (χ0) is 18.2. The van der Waals surface area contributed by atoms with Crippen LogP contribution in [0.4, 0.5) is 9.18 Å². The van der Waals surface area contributed by atoms with E-state index < -0.39 is 35.6 Å². The van der Waals surface area contributed by atoms with Crippen LogP contribution >= 0.6 is 0 Å². The Kier molecular flexibility index (Phi) is 4.12. The third-order valence-corrected chi connectivity index (χ3v) is 4.35. The third-order valence-electron chi connectivity index (χ3n) is 4.35. The van der Waals surface area contributed by atoms with Gasteiger partial charge in [-0.3, -0.25) is 14.5 Å². The number of Topliss-reactive ketones (excluding diaryl/α,β-unsaturated/α-hetero) is 1. The predicted molar refractivity (Wildman–Crippen MR) is 89.5 cm³/mol. The monoisotopic (exact) mass is 340 g/mol. The number of urea groups is 1. The molecule has 0 unspecified atom stereocenters. The molecular formula is C19H17FN2O3. The molecule has 1 saturated heterocycles. The van der Waals surface area contributed by atoms with E-state index in [1.165, 1.54) is 18.2 Å². The van der Waals surface area contributed by atoms with Gasteiger partial charge >= 0.3 is 6.03 Å². The summed E-state index contributed by atoms with van der Waals surface area (Å²) in [5.74, 6) is -1.56. The van der Waals surface area contributed by atoms with Gasteiger partial charge in [0.05, 0.1) is 6.54 Å². The summed E-state index contributed by atoms with van der Waals surface area (Å²) in [5, 5.41) is 2.65. The van der Waals surface area contributed by atoms with E-state index in [2.05, 4.69) is 5.32 Å². The quantitative estimate of drug-likeness (QED) is 0.687. The van der Waals surface area contributed by atoms with Crippen molar-refractivity contribution in [3.8, 4) is 0 Å². The molecule has 0 spiro atoms. The molecule has 1 fully saturated rings. The van der Waals surface area contributed by atoms with E-state index in [0.29, 0.717) is 5.56 Å². The number of hydrogen-bond acceptors (Lipinski definition) is 3. The zero-order valence-electron chi connectivity index (χ0n) is 13.9. The number of amides is 3. The summed E-state index contributed by atoms with van der Waals surface area (Å²) in [6, 6.07) is 11.8. The molecule has 0 aromatic heterocycles. The molecular weight excluding hydrogens is 323 g/mol. The van der Waals surface area contributed by atoms with Gasteiger partial charge in [0.1, 0.15) is 11.4 Å². The van der Waals surface area contributed by atoms with Crippen LogP contribution in [0.15, 0.2) is 48.5 Å². The maximum Gasteiger partial charge on any atom is 0.325 e. The summed E-state index contributed by atoms with van der Waals surface area (Å²) in [6.45, 7) is 3.09. The Balaban J connectivity index is 1.84. The van der Waals surface area contributed by atoms with E-state index in [1.54, 1.807) is 19.1 Å². The van der Waals surface area contributed by atoms with E-state index in [4.69, 9.17) is 0 Å². The van der Waals surface area contributed by atoms with Gasteiger partial charge in [-0.2, -0.15) is 0 Å². The molecule has 2 aromatic carbocycles. The van der Waals surface area contributed by atoms with Crippen molar-refractivity contribution in [3.05, 3.63) is 71.0 Å². The minimum absolute atomic E-state index is 0.115. The minimum atomic E-state index is -1.23. The first kappa shape index (κ1) is 16.8. The zero-order valence-corrected chi connectivity index (χ0v) is 13.9. The van der Waals surface area contributed by atoms with Crippen LogP contribution in [0.5, 0.6) is 0 Å². The van der Waals surface area contributed by atoms with Crippen molar-refractivity contribution in [2.24, 2.45) is 0 Å². The number of ketones is 1. The second-order valence-corrected chi connectivity index (χ2v) is 6.25. The number of halogens is 1. The van der Waals surface area contributed by atoms with Crippen LogP contribution in [0, 0.1) is 12.7 Å². The van der Waals surface area contributed by atoms with E-state index in [0.717, 1.165) is 16.5 Å². The molecule has 0 bridgehead atoms. The Labute approximate surface area is 144 Å². The van der Waals surface area contributed by atoms with Crippen molar-refractivity contribution in [1.29, 1.82) is 0 Å². The highest BCUT2D eigenvalue weighted by Gasteiger charge is 2.49. The van der Waals surface area contributed by atoms with E-state index in [1.807, 2.05) is 19.1 Å². The molecule has 6 heteroatoms. The fourth-order valence-corrected chi connectivity index (χ4v) is 2.82. The van der Waals surface area contributed by atoms with Gasteiger partial charge in [0.15, 0.2) is 5.78 Å².